The number of amides is 1. The SMILES string of the molecule is N#Cc1nccnc1O[C@@H]1CCCN(C(=O)[C@@H](O)c2ccccc2)C1. The van der Waals surface area contributed by atoms with E-state index in [-0.39, 0.29) is 23.6 Å². The molecule has 1 aliphatic rings. The highest BCUT2D eigenvalue weighted by Gasteiger charge is 2.30. The van der Waals surface area contributed by atoms with Gasteiger partial charge in [-0.3, -0.25) is 4.79 Å². The van der Waals surface area contributed by atoms with Crippen LogP contribution in [0.25, 0.3) is 0 Å². The topological polar surface area (TPSA) is 99.3 Å². The van der Waals surface area contributed by atoms with Gasteiger partial charge < -0.3 is 14.7 Å². The zero-order chi connectivity index (χ0) is 17.6. The van der Waals surface area contributed by atoms with E-state index < -0.39 is 6.10 Å². The highest BCUT2D eigenvalue weighted by molar-refractivity contribution is 5.82. The molecule has 1 fully saturated rings. The predicted molar refractivity (Wildman–Crippen MR) is 88.4 cm³/mol. The molecule has 0 saturated carbocycles. The smallest absolute Gasteiger partial charge is 0.256 e. The highest BCUT2D eigenvalue weighted by Crippen LogP contribution is 2.22. The van der Waals surface area contributed by atoms with Crippen LogP contribution in [0.5, 0.6) is 5.88 Å². The summed E-state index contributed by atoms with van der Waals surface area (Å²) in [5.41, 5.74) is 0.687. The first kappa shape index (κ1) is 16.9. The van der Waals surface area contributed by atoms with Gasteiger partial charge in [-0.25, -0.2) is 9.97 Å². The van der Waals surface area contributed by atoms with Gasteiger partial charge in [0.05, 0.1) is 6.54 Å². The predicted octanol–water partition coefficient (Wildman–Crippen LogP) is 1.45. The quantitative estimate of drug-likeness (QED) is 0.906. The number of nitrogens with zero attached hydrogens (tertiary/aromatic N) is 4. The van der Waals surface area contributed by atoms with Crippen LogP contribution in [0.1, 0.15) is 30.2 Å². The van der Waals surface area contributed by atoms with Crippen molar-refractivity contribution in [3.8, 4) is 11.9 Å². The maximum absolute atomic E-state index is 12.6. The summed E-state index contributed by atoms with van der Waals surface area (Å²) in [6.07, 6.45) is 2.90. The Balaban J connectivity index is 1.67. The van der Waals surface area contributed by atoms with Crippen LogP contribution < -0.4 is 4.74 Å². The molecule has 1 N–H and O–H groups in total. The molecule has 0 bridgehead atoms. The van der Waals surface area contributed by atoms with Crippen LogP contribution in [-0.4, -0.2) is 45.1 Å². The molecule has 1 aliphatic heterocycles. The van der Waals surface area contributed by atoms with Crippen LogP contribution in [0.3, 0.4) is 0 Å². The van der Waals surface area contributed by atoms with Crippen molar-refractivity contribution in [3.05, 3.63) is 54.0 Å². The van der Waals surface area contributed by atoms with Gasteiger partial charge in [0.25, 0.3) is 11.8 Å². The molecular weight excluding hydrogens is 320 g/mol. The summed E-state index contributed by atoms with van der Waals surface area (Å²) in [5, 5.41) is 19.4. The molecule has 1 amide bonds. The molecule has 7 heteroatoms. The lowest BCUT2D eigenvalue weighted by Gasteiger charge is -2.33. The summed E-state index contributed by atoms with van der Waals surface area (Å²) in [6.45, 7) is 0.901. The lowest BCUT2D eigenvalue weighted by atomic mass is 10.0. The van der Waals surface area contributed by atoms with Gasteiger partial charge >= 0.3 is 0 Å². The third-order valence-corrected chi connectivity index (χ3v) is 4.09. The fourth-order valence-corrected chi connectivity index (χ4v) is 2.83. The Hall–Kier alpha value is -2.98. The van der Waals surface area contributed by atoms with Gasteiger partial charge in [0, 0.05) is 18.9 Å². The molecule has 7 nitrogen and oxygen atoms in total. The van der Waals surface area contributed by atoms with E-state index in [4.69, 9.17) is 10.00 Å². The third-order valence-electron chi connectivity index (χ3n) is 4.09. The molecule has 0 radical (unpaired) electrons. The highest BCUT2D eigenvalue weighted by atomic mass is 16.5. The molecule has 128 valence electrons. The second kappa shape index (κ2) is 7.73. The Morgan fingerprint density at radius 2 is 2.08 bits per heavy atom. The van der Waals surface area contributed by atoms with Gasteiger partial charge in [-0.15, -0.1) is 0 Å². The standard InChI is InChI=1S/C18H18N4O3/c19-11-15-17(21-9-8-20-15)25-14-7-4-10-22(12-14)18(24)16(23)13-5-2-1-3-6-13/h1-3,5-6,8-9,14,16,23H,4,7,10,12H2/t14-,16+/m1/s1. The summed E-state index contributed by atoms with van der Waals surface area (Å²) in [7, 11) is 0. The Kier molecular flexibility index (Phi) is 5.21. The van der Waals surface area contributed by atoms with Gasteiger partial charge in [0.15, 0.2) is 6.10 Å². The second-order valence-electron chi connectivity index (χ2n) is 5.80. The van der Waals surface area contributed by atoms with Crippen molar-refractivity contribution in [1.29, 1.82) is 5.26 Å². The van der Waals surface area contributed by atoms with Gasteiger partial charge in [0.2, 0.25) is 5.69 Å². The van der Waals surface area contributed by atoms with Crippen molar-refractivity contribution in [2.45, 2.75) is 25.0 Å². The Morgan fingerprint density at radius 3 is 2.84 bits per heavy atom. The number of piperidine rings is 1. The first-order valence-electron chi connectivity index (χ1n) is 8.08. The maximum atomic E-state index is 12.6. The molecule has 3 rings (SSSR count). The van der Waals surface area contributed by atoms with E-state index in [2.05, 4.69) is 9.97 Å². The molecule has 2 heterocycles. The van der Waals surface area contributed by atoms with Crippen molar-refractivity contribution in [2.24, 2.45) is 0 Å². The number of aliphatic hydroxyl groups is 1. The minimum Gasteiger partial charge on any atom is -0.470 e. The molecule has 0 spiro atoms. The minimum absolute atomic E-state index is 0.121. The van der Waals surface area contributed by atoms with Crippen molar-refractivity contribution in [3.63, 3.8) is 0 Å². The number of ether oxygens (including phenoxy) is 1. The number of rotatable bonds is 4. The van der Waals surface area contributed by atoms with Gasteiger partial charge in [0.1, 0.15) is 12.2 Å². The second-order valence-corrected chi connectivity index (χ2v) is 5.80. The fourth-order valence-electron chi connectivity index (χ4n) is 2.83. The Morgan fingerprint density at radius 1 is 1.32 bits per heavy atom. The number of hydrogen-bond acceptors (Lipinski definition) is 6. The molecule has 1 aromatic carbocycles. The molecule has 0 aliphatic carbocycles. The van der Waals surface area contributed by atoms with Gasteiger partial charge in [-0.2, -0.15) is 5.26 Å². The lowest BCUT2D eigenvalue weighted by Crippen LogP contribution is -2.46. The zero-order valence-corrected chi connectivity index (χ0v) is 13.6. The first-order chi connectivity index (χ1) is 12.2. The summed E-state index contributed by atoms with van der Waals surface area (Å²) in [5.74, 6) is -0.174. The number of nitriles is 1. The average Bonchev–Trinajstić information content (AvgIpc) is 2.68. The largest absolute Gasteiger partial charge is 0.470 e. The van der Waals surface area contributed by atoms with E-state index in [0.29, 0.717) is 18.7 Å². The van der Waals surface area contributed by atoms with Crippen LogP contribution in [0, 0.1) is 11.3 Å². The molecule has 2 atom stereocenters. The maximum Gasteiger partial charge on any atom is 0.256 e. The first-order valence-corrected chi connectivity index (χ1v) is 8.08. The number of carbonyl (C=O) groups is 1. The average molecular weight is 338 g/mol. The molecule has 25 heavy (non-hydrogen) atoms. The van der Waals surface area contributed by atoms with E-state index in [1.54, 1.807) is 29.2 Å². The van der Waals surface area contributed by atoms with Crippen molar-refractivity contribution >= 4 is 5.91 Å². The Bertz CT molecular complexity index is 775. The van der Waals surface area contributed by atoms with Crippen LogP contribution >= 0.6 is 0 Å². The summed E-state index contributed by atoms with van der Waals surface area (Å²) in [6, 6.07) is 10.8. The molecule has 0 unspecified atom stereocenters. The summed E-state index contributed by atoms with van der Waals surface area (Å²) >= 11 is 0. The van der Waals surface area contributed by atoms with Crippen LogP contribution in [-0.2, 0) is 4.79 Å². The van der Waals surface area contributed by atoms with E-state index in [1.807, 2.05) is 12.1 Å². The lowest BCUT2D eigenvalue weighted by molar-refractivity contribution is -0.143. The molecule has 1 saturated heterocycles. The third kappa shape index (κ3) is 3.92. The van der Waals surface area contributed by atoms with Crippen molar-refractivity contribution in [1.82, 2.24) is 14.9 Å². The number of aliphatic hydroxyl groups excluding tert-OH is 1. The van der Waals surface area contributed by atoms with Crippen LogP contribution in [0.15, 0.2) is 42.7 Å². The monoisotopic (exact) mass is 338 g/mol. The van der Waals surface area contributed by atoms with E-state index in [0.717, 1.165) is 12.8 Å². The van der Waals surface area contributed by atoms with Crippen LogP contribution in [0.2, 0.25) is 0 Å². The van der Waals surface area contributed by atoms with Gasteiger partial charge in [-0.05, 0) is 18.4 Å². The molecule has 2 aromatic rings. The summed E-state index contributed by atoms with van der Waals surface area (Å²) in [4.78, 5) is 22.1. The number of likely N-dealkylation sites (tertiary alicyclic amines) is 1. The number of carbonyl (C=O) groups excluding carboxylic acids is 1. The minimum atomic E-state index is -1.19. The fraction of sp³-hybridized carbons (Fsp3) is 0.333. The number of aromatic nitrogens is 2. The van der Waals surface area contributed by atoms with Crippen molar-refractivity contribution < 1.29 is 14.6 Å². The zero-order valence-electron chi connectivity index (χ0n) is 13.6. The Labute approximate surface area is 145 Å². The number of benzene rings is 1. The number of hydrogen-bond donors (Lipinski definition) is 1. The summed E-state index contributed by atoms with van der Waals surface area (Å²) < 4.78 is 5.77. The molecular formula is C18H18N4O3. The van der Waals surface area contributed by atoms with E-state index in [1.165, 1.54) is 12.4 Å². The molecule has 1 aromatic heterocycles. The normalized spacial score (nSPS) is 18.2. The van der Waals surface area contributed by atoms with Crippen LogP contribution in [0.4, 0.5) is 0 Å². The van der Waals surface area contributed by atoms with Crippen molar-refractivity contribution in [2.75, 3.05) is 13.1 Å². The van der Waals surface area contributed by atoms with E-state index in [9.17, 15) is 9.90 Å². The van der Waals surface area contributed by atoms with E-state index >= 15 is 0 Å². The van der Waals surface area contributed by atoms with Gasteiger partial charge in [-0.1, -0.05) is 30.3 Å².